The Morgan fingerprint density at radius 3 is 2.91 bits per heavy atom. The van der Waals surface area contributed by atoms with E-state index < -0.39 is 4.92 Å². The van der Waals surface area contributed by atoms with E-state index in [1.807, 2.05) is 4.90 Å². The molecule has 1 atom stereocenters. The molecule has 0 bridgehead atoms. The van der Waals surface area contributed by atoms with Crippen LogP contribution in [0.25, 0.3) is 0 Å². The standard InChI is InChI=1S/C16H23N3O4/c1-17(14-8-2-3-9-15(14)19(22)23)12-16(21)18-10-4-6-13(18)7-5-11-20/h2-3,8-9,13,20H,4-7,10-12H2,1H3. The lowest BCUT2D eigenvalue weighted by Gasteiger charge is -2.27. The predicted octanol–water partition coefficient (Wildman–Crippen LogP) is 1.79. The van der Waals surface area contributed by atoms with Crippen molar-refractivity contribution in [3.8, 4) is 0 Å². The molecule has 0 aromatic heterocycles. The Bertz CT molecular complexity index is 564. The number of rotatable bonds is 7. The highest BCUT2D eigenvalue weighted by atomic mass is 16.6. The summed E-state index contributed by atoms with van der Waals surface area (Å²) >= 11 is 0. The molecule has 1 aromatic carbocycles. The third kappa shape index (κ3) is 4.19. The summed E-state index contributed by atoms with van der Waals surface area (Å²) in [5.74, 6) is -0.0221. The molecule has 1 amide bonds. The SMILES string of the molecule is CN(CC(=O)N1CCCC1CCCO)c1ccccc1[N+](=O)[O-]. The van der Waals surface area contributed by atoms with Crippen LogP contribution in [-0.2, 0) is 4.79 Å². The number of nitro benzene ring substituents is 1. The monoisotopic (exact) mass is 321 g/mol. The van der Waals surface area contributed by atoms with Crippen molar-refractivity contribution in [1.29, 1.82) is 0 Å². The Kier molecular flexibility index (Phi) is 5.92. The second-order valence-corrected chi connectivity index (χ2v) is 5.85. The number of benzene rings is 1. The van der Waals surface area contributed by atoms with E-state index in [-0.39, 0.29) is 30.8 Å². The number of aliphatic hydroxyl groups excluding tert-OH is 1. The average molecular weight is 321 g/mol. The van der Waals surface area contributed by atoms with E-state index >= 15 is 0 Å². The smallest absolute Gasteiger partial charge is 0.292 e. The van der Waals surface area contributed by atoms with Crippen LogP contribution in [-0.4, -0.2) is 53.6 Å². The number of hydrogen-bond acceptors (Lipinski definition) is 5. The van der Waals surface area contributed by atoms with Crippen molar-refractivity contribution in [2.75, 3.05) is 31.6 Å². The largest absolute Gasteiger partial charge is 0.396 e. The third-order valence-corrected chi connectivity index (χ3v) is 4.26. The first-order chi connectivity index (χ1) is 11.0. The summed E-state index contributed by atoms with van der Waals surface area (Å²) < 4.78 is 0. The Balaban J connectivity index is 2.03. The molecule has 23 heavy (non-hydrogen) atoms. The molecule has 0 radical (unpaired) electrons. The first-order valence-corrected chi connectivity index (χ1v) is 7.89. The molecule has 1 unspecified atom stereocenters. The summed E-state index contributed by atoms with van der Waals surface area (Å²) in [5.41, 5.74) is 0.443. The van der Waals surface area contributed by atoms with Crippen molar-refractivity contribution in [2.24, 2.45) is 0 Å². The average Bonchev–Trinajstić information content (AvgIpc) is 3.01. The summed E-state index contributed by atoms with van der Waals surface area (Å²) in [4.78, 5) is 26.7. The van der Waals surface area contributed by atoms with Gasteiger partial charge in [-0.3, -0.25) is 14.9 Å². The fraction of sp³-hybridized carbons (Fsp3) is 0.562. The number of anilines is 1. The number of carbonyl (C=O) groups is 1. The van der Waals surface area contributed by atoms with E-state index in [2.05, 4.69) is 0 Å². The topological polar surface area (TPSA) is 86.9 Å². The second-order valence-electron chi connectivity index (χ2n) is 5.85. The molecule has 1 aliphatic heterocycles. The molecule has 7 nitrogen and oxygen atoms in total. The van der Waals surface area contributed by atoms with Crippen LogP contribution in [0.1, 0.15) is 25.7 Å². The van der Waals surface area contributed by atoms with Crippen LogP contribution in [0.15, 0.2) is 24.3 Å². The molecule has 1 aliphatic rings. The molecule has 1 N–H and O–H groups in total. The molecule has 1 saturated heterocycles. The zero-order valence-electron chi connectivity index (χ0n) is 13.4. The number of amides is 1. The van der Waals surface area contributed by atoms with Gasteiger partial charge in [0.05, 0.1) is 11.5 Å². The van der Waals surface area contributed by atoms with Gasteiger partial charge in [-0.15, -0.1) is 0 Å². The van der Waals surface area contributed by atoms with E-state index in [1.165, 1.54) is 6.07 Å². The maximum absolute atomic E-state index is 12.5. The molecule has 2 rings (SSSR count). The van der Waals surface area contributed by atoms with Crippen molar-refractivity contribution < 1.29 is 14.8 Å². The molecule has 1 aromatic rings. The normalized spacial score (nSPS) is 17.3. The lowest BCUT2D eigenvalue weighted by molar-refractivity contribution is -0.384. The first-order valence-electron chi connectivity index (χ1n) is 7.89. The van der Waals surface area contributed by atoms with E-state index in [4.69, 9.17) is 5.11 Å². The number of nitro groups is 1. The van der Waals surface area contributed by atoms with Gasteiger partial charge in [0.15, 0.2) is 0 Å². The van der Waals surface area contributed by atoms with Gasteiger partial charge < -0.3 is 14.9 Å². The number of aliphatic hydroxyl groups is 1. The predicted molar refractivity (Wildman–Crippen MR) is 87.4 cm³/mol. The quantitative estimate of drug-likeness (QED) is 0.611. The van der Waals surface area contributed by atoms with E-state index in [9.17, 15) is 14.9 Å². The Morgan fingerprint density at radius 2 is 2.22 bits per heavy atom. The van der Waals surface area contributed by atoms with Crippen molar-refractivity contribution in [3.63, 3.8) is 0 Å². The van der Waals surface area contributed by atoms with Crippen molar-refractivity contribution in [3.05, 3.63) is 34.4 Å². The van der Waals surface area contributed by atoms with Gasteiger partial charge in [0.1, 0.15) is 5.69 Å². The number of para-hydroxylation sites is 2. The summed E-state index contributed by atoms with van der Waals surface area (Å²) in [6.07, 6.45) is 3.42. The van der Waals surface area contributed by atoms with Crippen LogP contribution in [0, 0.1) is 10.1 Å². The van der Waals surface area contributed by atoms with Crippen LogP contribution >= 0.6 is 0 Å². The fourth-order valence-corrected chi connectivity index (χ4v) is 3.11. The molecule has 0 spiro atoms. The van der Waals surface area contributed by atoms with Crippen LogP contribution in [0.5, 0.6) is 0 Å². The van der Waals surface area contributed by atoms with E-state index in [1.54, 1.807) is 30.1 Å². The molecule has 0 aliphatic carbocycles. The number of carbonyl (C=O) groups excluding carboxylic acids is 1. The van der Waals surface area contributed by atoms with Gasteiger partial charge in [-0.05, 0) is 31.7 Å². The lowest BCUT2D eigenvalue weighted by Crippen LogP contribution is -2.42. The van der Waals surface area contributed by atoms with Crippen LogP contribution in [0.3, 0.4) is 0 Å². The minimum absolute atomic E-state index is 0.000974. The fourth-order valence-electron chi connectivity index (χ4n) is 3.11. The number of nitrogens with zero attached hydrogens (tertiary/aromatic N) is 3. The maximum Gasteiger partial charge on any atom is 0.292 e. The molecule has 1 heterocycles. The molecular formula is C16H23N3O4. The summed E-state index contributed by atoms with van der Waals surface area (Å²) in [6.45, 7) is 0.967. The highest BCUT2D eigenvalue weighted by Gasteiger charge is 2.29. The van der Waals surface area contributed by atoms with Gasteiger partial charge in [-0.1, -0.05) is 12.1 Å². The number of hydrogen-bond donors (Lipinski definition) is 1. The molecule has 0 saturated carbocycles. The van der Waals surface area contributed by atoms with Gasteiger partial charge in [0, 0.05) is 32.3 Å². The van der Waals surface area contributed by atoms with Crippen LogP contribution in [0.2, 0.25) is 0 Å². The van der Waals surface area contributed by atoms with E-state index in [0.717, 1.165) is 25.8 Å². The van der Waals surface area contributed by atoms with Crippen molar-refractivity contribution in [1.82, 2.24) is 4.90 Å². The summed E-state index contributed by atoms with van der Waals surface area (Å²) in [7, 11) is 1.69. The van der Waals surface area contributed by atoms with Gasteiger partial charge in [-0.25, -0.2) is 0 Å². The lowest BCUT2D eigenvalue weighted by atomic mass is 10.1. The van der Waals surface area contributed by atoms with Crippen LogP contribution in [0.4, 0.5) is 11.4 Å². The zero-order chi connectivity index (χ0) is 16.8. The van der Waals surface area contributed by atoms with Crippen molar-refractivity contribution >= 4 is 17.3 Å². The van der Waals surface area contributed by atoms with Crippen LogP contribution < -0.4 is 4.90 Å². The highest BCUT2D eigenvalue weighted by Crippen LogP contribution is 2.27. The van der Waals surface area contributed by atoms with Gasteiger partial charge in [0.2, 0.25) is 5.91 Å². The van der Waals surface area contributed by atoms with Gasteiger partial charge >= 0.3 is 0 Å². The number of likely N-dealkylation sites (N-methyl/N-ethyl adjacent to an activating group) is 1. The molecule has 1 fully saturated rings. The van der Waals surface area contributed by atoms with Gasteiger partial charge in [0.25, 0.3) is 5.69 Å². The molecular weight excluding hydrogens is 298 g/mol. The number of likely N-dealkylation sites (tertiary alicyclic amines) is 1. The zero-order valence-corrected chi connectivity index (χ0v) is 13.4. The summed E-state index contributed by atoms with van der Waals surface area (Å²) in [6, 6.07) is 6.61. The summed E-state index contributed by atoms with van der Waals surface area (Å²) in [5, 5.41) is 20.1. The van der Waals surface area contributed by atoms with Gasteiger partial charge in [-0.2, -0.15) is 0 Å². The minimum atomic E-state index is -0.434. The second kappa shape index (κ2) is 7.92. The minimum Gasteiger partial charge on any atom is -0.396 e. The highest BCUT2D eigenvalue weighted by molar-refractivity contribution is 5.83. The Hall–Kier alpha value is -2.15. The van der Waals surface area contributed by atoms with E-state index in [0.29, 0.717) is 12.1 Å². The molecule has 126 valence electrons. The van der Waals surface area contributed by atoms with Crippen molar-refractivity contribution in [2.45, 2.75) is 31.7 Å². The maximum atomic E-state index is 12.5. The first kappa shape index (κ1) is 17.2. The Morgan fingerprint density at radius 1 is 1.48 bits per heavy atom. The molecule has 7 heteroatoms. The Labute approximate surface area is 135 Å². The third-order valence-electron chi connectivity index (χ3n) is 4.26.